The molecule has 2 atom stereocenters. The Hall–Kier alpha value is -2.08. The first-order valence-electron chi connectivity index (χ1n) is 8.68. The molecule has 1 aromatic rings. The van der Waals surface area contributed by atoms with Gasteiger partial charge >= 0.3 is 6.09 Å². The van der Waals surface area contributed by atoms with Crippen molar-refractivity contribution in [1.29, 1.82) is 0 Å². The number of hydrogen-bond donors (Lipinski definition) is 2. The van der Waals surface area contributed by atoms with Gasteiger partial charge in [-0.3, -0.25) is 4.79 Å². The van der Waals surface area contributed by atoms with Gasteiger partial charge in [-0.25, -0.2) is 4.79 Å². The van der Waals surface area contributed by atoms with Crippen LogP contribution in [0.2, 0.25) is 0 Å². The first-order chi connectivity index (χ1) is 11.7. The van der Waals surface area contributed by atoms with Gasteiger partial charge in [-0.15, -0.1) is 0 Å². The van der Waals surface area contributed by atoms with Gasteiger partial charge in [0.15, 0.2) is 0 Å². The molecule has 1 heterocycles. The minimum absolute atomic E-state index is 0.0452. The van der Waals surface area contributed by atoms with E-state index in [1.165, 1.54) is 0 Å². The third-order valence-electron chi connectivity index (χ3n) is 4.13. The summed E-state index contributed by atoms with van der Waals surface area (Å²) >= 11 is 0. The number of carbonyl (C=O) groups is 2. The molecule has 1 saturated heterocycles. The zero-order valence-electron chi connectivity index (χ0n) is 15.2. The maximum Gasteiger partial charge on any atom is 0.407 e. The second-order valence-electron chi connectivity index (χ2n) is 7.75. The Bertz CT molecular complexity index is 583. The summed E-state index contributed by atoms with van der Waals surface area (Å²) in [6.45, 7) is 7.02. The summed E-state index contributed by atoms with van der Waals surface area (Å²) in [7, 11) is 0. The van der Waals surface area contributed by atoms with Crippen molar-refractivity contribution in [2.75, 3.05) is 13.1 Å². The molecule has 0 aliphatic carbocycles. The third-order valence-corrected chi connectivity index (χ3v) is 4.13. The van der Waals surface area contributed by atoms with Crippen molar-refractivity contribution in [1.82, 2.24) is 10.2 Å². The average molecular weight is 348 g/mol. The number of aliphatic hydroxyl groups excluding tert-OH is 1. The van der Waals surface area contributed by atoms with Crippen molar-refractivity contribution in [2.45, 2.75) is 52.4 Å². The number of benzene rings is 1. The number of aliphatic hydroxyl groups is 1. The number of amides is 2. The Morgan fingerprint density at radius 2 is 1.96 bits per heavy atom. The van der Waals surface area contributed by atoms with Crippen LogP contribution < -0.4 is 5.32 Å². The van der Waals surface area contributed by atoms with Crippen LogP contribution in [0.5, 0.6) is 0 Å². The van der Waals surface area contributed by atoms with Gasteiger partial charge in [-0.1, -0.05) is 51.1 Å². The summed E-state index contributed by atoms with van der Waals surface area (Å²) in [4.78, 5) is 26.1. The summed E-state index contributed by atoms with van der Waals surface area (Å²) in [5.41, 5.74) is 0.800. The van der Waals surface area contributed by atoms with Gasteiger partial charge < -0.3 is 20.1 Å². The smallest absolute Gasteiger partial charge is 0.407 e. The molecule has 6 nitrogen and oxygen atoms in total. The number of rotatable bonds is 4. The number of nitrogens with zero attached hydrogens (tertiary/aromatic N) is 1. The Labute approximate surface area is 149 Å². The summed E-state index contributed by atoms with van der Waals surface area (Å²) in [6, 6.07) is 8.87. The van der Waals surface area contributed by atoms with E-state index in [1.807, 2.05) is 51.1 Å². The van der Waals surface area contributed by atoms with Crippen LogP contribution in [0.3, 0.4) is 0 Å². The zero-order chi connectivity index (χ0) is 18.4. The highest BCUT2D eigenvalue weighted by atomic mass is 16.5. The third kappa shape index (κ3) is 6.38. The molecule has 138 valence electrons. The Morgan fingerprint density at radius 1 is 1.28 bits per heavy atom. The number of alkyl carbamates (subject to hydrolysis) is 1. The lowest BCUT2D eigenvalue weighted by molar-refractivity contribution is -0.135. The van der Waals surface area contributed by atoms with Gasteiger partial charge in [-0.2, -0.15) is 0 Å². The monoisotopic (exact) mass is 348 g/mol. The lowest BCUT2D eigenvalue weighted by Gasteiger charge is -2.37. The topological polar surface area (TPSA) is 78.9 Å². The predicted molar refractivity (Wildman–Crippen MR) is 94.8 cm³/mol. The molecule has 1 aliphatic rings. The molecule has 1 fully saturated rings. The first kappa shape index (κ1) is 19.2. The van der Waals surface area contributed by atoms with E-state index in [1.54, 1.807) is 4.90 Å². The highest BCUT2D eigenvalue weighted by molar-refractivity contribution is 5.77. The van der Waals surface area contributed by atoms with Gasteiger partial charge in [0.05, 0.1) is 12.1 Å². The molecule has 0 spiro atoms. The second-order valence-corrected chi connectivity index (χ2v) is 7.75. The van der Waals surface area contributed by atoms with Crippen LogP contribution in [-0.4, -0.2) is 47.2 Å². The van der Waals surface area contributed by atoms with Crippen LogP contribution in [0, 0.1) is 5.41 Å². The normalized spacial score (nSPS) is 20.9. The number of ether oxygens (including phenoxy) is 1. The van der Waals surface area contributed by atoms with E-state index in [0.29, 0.717) is 25.9 Å². The van der Waals surface area contributed by atoms with Crippen molar-refractivity contribution < 1.29 is 19.4 Å². The molecule has 2 N–H and O–H groups in total. The Kier molecular flexibility index (Phi) is 6.42. The molecule has 0 aromatic heterocycles. The summed E-state index contributed by atoms with van der Waals surface area (Å²) in [6.07, 6.45) is -0.380. The van der Waals surface area contributed by atoms with Gasteiger partial charge in [0.2, 0.25) is 5.91 Å². The van der Waals surface area contributed by atoms with Crippen LogP contribution in [0.1, 0.15) is 39.2 Å². The van der Waals surface area contributed by atoms with E-state index in [2.05, 4.69) is 5.32 Å². The molecule has 6 heteroatoms. The van der Waals surface area contributed by atoms with Crippen LogP contribution in [0.25, 0.3) is 0 Å². The van der Waals surface area contributed by atoms with E-state index in [9.17, 15) is 14.7 Å². The van der Waals surface area contributed by atoms with Gasteiger partial charge in [-0.05, 0) is 17.4 Å². The van der Waals surface area contributed by atoms with E-state index in [4.69, 9.17) is 4.74 Å². The molecule has 25 heavy (non-hydrogen) atoms. The van der Waals surface area contributed by atoms with Crippen LogP contribution >= 0.6 is 0 Å². The molecule has 1 aromatic carbocycles. The molecule has 2 amide bonds. The van der Waals surface area contributed by atoms with Crippen molar-refractivity contribution in [2.24, 2.45) is 5.41 Å². The maximum atomic E-state index is 12.4. The van der Waals surface area contributed by atoms with Crippen LogP contribution in [-0.2, 0) is 16.1 Å². The Balaban J connectivity index is 1.84. The summed E-state index contributed by atoms with van der Waals surface area (Å²) in [5.74, 6) is 0.0452. The summed E-state index contributed by atoms with van der Waals surface area (Å²) in [5, 5.41) is 12.8. The van der Waals surface area contributed by atoms with Crippen molar-refractivity contribution >= 4 is 12.0 Å². The van der Waals surface area contributed by atoms with Gasteiger partial charge in [0.25, 0.3) is 0 Å². The molecule has 0 saturated carbocycles. The van der Waals surface area contributed by atoms with Crippen LogP contribution in [0.4, 0.5) is 4.79 Å². The fourth-order valence-corrected chi connectivity index (χ4v) is 2.79. The van der Waals surface area contributed by atoms with E-state index in [-0.39, 0.29) is 17.9 Å². The molecular formula is C19H28N2O4. The number of hydrogen-bond acceptors (Lipinski definition) is 4. The Morgan fingerprint density at radius 3 is 2.60 bits per heavy atom. The quantitative estimate of drug-likeness (QED) is 0.875. The standard InChI is InChI=1S/C19H28N2O4/c1-19(2,3)11-17(23)21-10-9-16(22)15(12-21)20-18(24)25-13-14-7-5-4-6-8-14/h4-8,15-16,22H,9-13H2,1-3H3,(H,20,24)/t15-,16-/m0/s1. The van der Waals surface area contributed by atoms with E-state index >= 15 is 0 Å². The molecule has 0 radical (unpaired) electrons. The minimum Gasteiger partial charge on any atom is -0.445 e. The highest BCUT2D eigenvalue weighted by Gasteiger charge is 2.32. The number of likely N-dealkylation sites (tertiary alicyclic amines) is 1. The van der Waals surface area contributed by atoms with Crippen molar-refractivity contribution in [3.8, 4) is 0 Å². The number of piperidine rings is 1. The molecule has 0 bridgehead atoms. The van der Waals surface area contributed by atoms with Crippen molar-refractivity contribution in [3.05, 3.63) is 35.9 Å². The molecular weight excluding hydrogens is 320 g/mol. The van der Waals surface area contributed by atoms with E-state index in [0.717, 1.165) is 5.56 Å². The summed E-state index contributed by atoms with van der Waals surface area (Å²) < 4.78 is 5.19. The highest BCUT2D eigenvalue weighted by Crippen LogP contribution is 2.22. The largest absolute Gasteiger partial charge is 0.445 e. The molecule has 2 rings (SSSR count). The predicted octanol–water partition coefficient (Wildman–Crippen LogP) is 2.31. The van der Waals surface area contributed by atoms with Gasteiger partial charge in [0, 0.05) is 19.5 Å². The lowest BCUT2D eigenvalue weighted by Crippen LogP contribution is -2.56. The van der Waals surface area contributed by atoms with Crippen LogP contribution in [0.15, 0.2) is 30.3 Å². The lowest BCUT2D eigenvalue weighted by atomic mass is 9.91. The number of carbonyl (C=O) groups excluding carboxylic acids is 2. The van der Waals surface area contributed by atoms with Crippen molar-refractivity contribution in [3.63, 3.8) is 0 Å². The average Bonchev–Trinajstić information content (AvgIpc) is 2.54. The minimum atomic E-state index is -0.678. The maximum absolute atomic E-state index is 12.4. The molecule has 0 unspecified atom stereocenters. The first-order valence-corrected chi connectivity index (χ1v) is 8.68. The van der Waals surface area contributed by atoms with Gasteiger partial charge in [0.1, 0.15) is 6.61 Å². The fraction of sp³-hybridized carbons (Fsp3) is 0.579. The number of nitrogens with one attached hydrogen (secondary N) is 1. The zero-order valence-corrected chi connectivity index (χ0v) is 15.2. The second kappa shape index (κ2) is 8.34. The molecule has 1 aliphatic heterocycles. The van der Waals surface area contributed by atoms with E-state index < -0.39 is 18.2 Å². The fourth-order valence-electron chi connectivity index (χ4n) is 2.79. The SMILES string of the molecule is CC(C)(C)CC(=O)N1CC[C@H](O)[C@@H](NC(=O)OCc2ccccc2)C1.